The number of amides is 1. The molecule has 2 heterocycles. The first kappa shape index (κ1) is 15.3. The first-order valence-electron chi connectivity index (χ1n) is 5.36. The second-order valence-electron chi connectivity index (χ2n) is 4.27. The Morgan fingerprint density at radius 2 is 2.39 bits per heavy atom. The molecule has 1 unspecified atom stereocenters. The van der Waals surface area contributed by atoms with Gasteiger partial charge in [0.15, 0.2) is 0 Å². The molecule has 1 atom stereocenters. The number of hydrogen-bond donors (Lipinski definition) is 1. The first-order chi connectivity index (χ1) is 7.98. The van der Waals surface area contributed by atoms with Crippen molar-refractivity contribution in [1.29, 1.82) is 0 Å². The largest absolute Gasteiger partial charge is 0.339 e. The van der Waals surface area contributed by atoms with Gasteiger partial charge in [-0.3, -0.25) is 10.1 Å². The summed E-state index contributed by atoms with van der Waals surface area (Å²) in [5.74, 6) is -3.03. The van der Waals surface area contributed by atoms with Gasteiger partial charge in [-0.25, -0.2) is 8.78 Å². The van der Waals surface area contributed by atoms with E-state index >= 15 is 0 Å². The zero-order valence-corrected chi connectivity index (χ0v) is 11.5. The lowest BCUT2D eigenvalue weighted by molar-refractivity contribution is -0.132. The van der Waals surface area contributed by atoms with Crippen LogP contribution in [-0.4, -0.2) is 36.4 Å². The third kappa shape index (κ3) is 3.63. The Hall–Kier alpha value is -0.720. The average Bonchev–Trinajstić information content (AvgIpc) is 2.86. The van der Waals surface area contributed by atoms with Crippen molar-refractivity contribution in [2.75, 3.05) is 13.6 Å². The summed E-state index contributed by atoms with van der Waals surface area (Å²) >= 11 is 1.55. The highest BCUT2D eigenvalue weighted by molar-refractivity contribution is 7.09. The van der Waals surface area contributed by atoms with Gasteiger partial charge in [0.05, 0.1) is 19.1 Å². The lowest BCUT2D eigenvalue weighted by atomic mass is 10.1. The number of thiophene rings is 1. The van der Waals surface area contributed by atoms with Gasteiger partial charge in [-0.05, 0) is 11.4 Å². The molecule has 18 heavy (non-hydrogen) atoms. The number of carbonyl (C=O) groups excluding carboxylic acids is 1. The number of nitrogens with zero attached hydrogens (tertiary/aromatic N) is 1. The lowest BCUT2D eigenvalue weighted by Crippen LogP contribution is -2.41. The Balaban J connectivity index is 0.00000162. The molecule has 102 valence electrons. The Morgan fingerprint density at radius 1 is 1.67 bits per heavy atom. The topological polar surface area (TPSA) is 32.3 Å². The fraction of sp³-hybridized carbons (Fsp3) is 0.545. The van der Waals surface area contributed by atoms with E-state index in [0.29, 0.717) is 6.54 Å². The highest BCUT2D eigenvalue weighted by Gasteiger charge is 2.43. The summed E-state index contributed by atoms with van der Waals surface area (Å²) < 4.78 is 25.9. The van der Waals surface area contributed by atoms with Gasteiger partial charge in [-0.1, -0.05) is 6.07 Å². The number of alkyl halides is 2. The normalized spacial score (nSPS) is 21.4. The van der Waals surface area contributed by atoms with Crippen LogP contribution in [0.2, 0.25) is 0 Å². The van der Waals surface area contributed by atoms with E-state index in [1.807, 2.05) is 17.5 Å². The summed E-state index contributed by atoms with van der Waals surface area (Å²) in [6, 6.07) is 3.07. The molecule has 0 spiro atoms. The zero-order chi connectivity index (χ0) is 12.5. The van der Waals surface area contributed by atoms with E-state index in [2.05, 4.69) is 5.32 Å². The second-order valence-corrected chi connectivity index (χ2v) is 5.30. The summed E-state index contributed by atoms with van der Waals surface area (Å²) in [7, 11) is 1.64. The fourth-order valence-electron chi connectivity index (χ4n) is 1.87. The third-order valence-electron chi connectivity index (χ3n) is 2.76. The van der Waals surface area contributed by atoms with Crippen LogP contribution in [0.5, 0.6) is 0 Å². The van der Waals surface area contributed by atoms with Gasteiger partial charge in [0.25, 0.3) is 5.92 Å². The van der Waals surface area contributed by atoms with Gasteiger partial charge in [-0.15, -0.1) is 23.7 Å². The molecular formula is C11H15ClF2N2OS. The predicted molar refractivity (Wildman–Crippen MR) is 69.4 cm³/mol. The smallest absolute Gasteiger partial charge is 0.262 e. The Kier molecular flexibility index (Phi) is 5.07. The number of likely N-dealkylation sites (N-methyl/N-ethyl adjacent to an activating group) is 1. The van der Waals surface area contributed by atoms with Crippen LogP contribution in [0.25, 0.3) is 0 Å². The Labute approximate surface area is 115 Å². The molecule has 0 bridgehead atoms. The molecular weight excluding hydrogens is 282 g/mol. The first-order valence-corrected chi connectivity index (χ1v) is 6.24. The number of hydrogen-bond acceptors (Lipinski definition) is 3. The van der Waals surface area contributed by atoms with Crippen LogP contribution in [0.15, 0.2) is 17.5 Å². The van der Waals surface area contributed by atoms with Crippen molar-refractivity contribution in [3.63, 3.8) is 0 Å². The van der Waals surface area contributed by atoms with Gasteiger partial charge < -0.3 is 4.90 Å². The van der Waals surface area contributed by atoms with E-state index in [1.165, 1.54) is 4.90 Å². The monoisotopic (exact) mass is 296 g/mol. The van der Waals surface area contributed by atoms with Gasteiger partial charge in [-0.2, -0.15) is 0 Å². The van der Waals surface area contributed by atoms with Crippen LogP contribution in [0.1, 0.15) is 11.3 Å². The number of carbonyl (C=O) groups is 1. The molecule has 0 aromatic carbocycles. The van der Waals surface area contributed by atoms with Crippen LogP contribution in [-0.2, 0) is 11.3 Å². The van der Waals surface area contributed by atoms with Gasteiger partial charge in [0.1, 0.15) is 0 Å². The molecule has 2 rings (SSSR count). The summed E-state index contributed by atoms with van der Waals surface area (Å²) in [5, 5.41) is 4.50. The number of halogens is 3. The van der Waals surface area contributed by atoms with Crippen molar-refractivity contribution in [1.82, 2.24) is 10.2 Å². The van der Waals surface area contributed by atoms with Gasteiger partial charge >= 0.3 is 0 Å². The van der Waals surface area contributed by atoms with Crippen LogP contribution >= 0.6 is 23.7 Å². The van der Waals surface area contributed by atoms with Crippen LogP contribution < -0.4 is 5.32 Å². The maximum Gasteiger partial charge on any atom is 0.262 e. The zero-order valence-electron chi connectivity index (χ0n) is 9.86. The molecule has 1 aliphatic heterocycles. The minimum absolute atomic E-state index is 0. The number of nitrogens with one attached hydrogen (secondary N) is 1. The molecule has 1 aliphatic rings. The Bertz CT molecular complexity index is 400. The molecule has 1 aromatic heterocycles. The molecule has 1 aromatic rings. The molecule has 7 heteroatoms. The maximum absolute atomic E-state index is 13.0. The fourth-order valence-corrected chi connectivity index (χ4v) is 2.63. The van der Waals surface area contributed by atoms with Crippen molar-refractivity contribution < 1.29 is 13.6 Å². The summed E-state index contributed by atoms with van der Waals surface area (Å²) in [6.45, 7) is 0.0660. The highest BCUT2D eigenvalue weighted by atomic mass is 35.5. The molecule has 1 fully saturated rings. The SMILES string of the molecule is CN(Cc1cccs1)C(=O)C1CC(F)(F)CN1.Cl. The van der Waals surface area contributed by atoms with E-state index in [0.717, 1.165) is 4.88 Å². The van der Waals surface area contributed by atoms with Crippen LogP contribution in [0.3, 0.4) is 0 Å². The molecule has 0 aliphatic carbocycles. The van der Waals surface area contributed by atoms with Crippen molar-refractivity contribution in [2.24, 2.45) is 0 Å². The van der Waals surface area contributed by atoms with Gasteiger partial charge in [0.2, 0.25) is 5.91 Å². The third-order valence-corrected chi connectivity index (χ3v) is 3.62. The summed E-state index contributed by atoms with van der Waals surface area (Å²) in [5.41, 5.74) is 0. The summed E-state index contributed by atoms with van der Waals surface area (Å²) in [6.07, 6.45) is -0.402. The highest BCUT2D eigenvalue weighted by Crippen LogP contribution is 2.26. The average molecular weight is 297 g/mol. The molecule has 0 radical (unpaired) electrons. The quantitative estimate of drug-likeness (QED) is 0.927. The lowest BCUT2D eigenvalue weighted by Gasteiger charge is -2.20. The number of rotatable bonds is 3. The Morgan fingerprint density at radius 3 is 2.89 bits per heavy atom. The predicted octanol–water partition coefficient (Wildman–Crippen LogP) is 2.13. The molecule has 1 amide bonds. The van der Waals surface area contributed by atoms with Crippen molar-refractivity contribution in [3.8, 4) is 0 Å². The van der Waals surface area contributed by atoms with Crippen molar-refractivity contribution >= 4 is 29.7 Å². The molecule has 1 N–H and O–H groups in total. The summed E-state index contributed by atoms with van der Waals surface area (Å²) in [4.78, 5) is 14.4. The molecule has 0 saturated carbocycles. The second kappa shape index (κ2) is 5.95. The standard InChI is InChI=1S/C11H14F2N2OS.ClH/c1-15(6-8-3-2-4-17-8)10(16)9-5-11(12,13)7-14-9;/h2-4,9,14H,5-7H2,1H3;1H. The van der Waals surface area contributed by atoms with Crippen LogP contribution in [0, 0.1) is 0 Å². The van der Waals surface area contributed by atoms with E-state index in [9.17, 15) is 13.6 Å². The minimum atomic E-state index is -2.76. The van der Waals surface area contributed by atoms with Crippen LogP contribution in [0.4, 0.5) is 8.78 Å². The van der Waals surface area contributed by atoms with E-state index in [4.69, 9.17) is 0 Å². The molecule has 3 nitrogen and oxygen atoms in total. The molecule has 1 saturated heterocycles. The van der Waals surface area contributed by atoms with E-state index in [1.54, 1.807) is 18.4 Å². The van der Waals surface area contributed by atoms with E-state index < -0.39 is 24.9 Å². The minimum Gasteiger partial charge on any atom is -0.339 e. The van der Waals surface area contributed by atoms with E-state index in [-0.39, 0.29) is 18.3 Å². The van der Waals surface area contributed by atoms with Crippen molar-refractivity contribution in [3.05, 3.63) is 22.4 Å². The van der Waals surface area contributed by atoms with Gasteiger partial charge in [0, 0.05) is 18.3 Å². The van der Waals surface area contributed by atoms with Crippen molar-refractivity contribution in [2.45, 2.75) is 24.9 Å². The maximum atomic E-state index is 13.0.